The molecule has 0 saturated carbocycles. The molecular weight excluding hydrogens is 250 g/mol. The molecule has 0 amide bonds. The topological polar surface area (TPSA) is 41.5 Å². The van der Waals surface area contributed by atoms with E-state index >= 15 is 0 Å². The van der Waals surface area contributed by atoms with Crippen molar-refractivity contribution in [2.24, 2.45) is 5.41 Å². The molecule has 0 spiro atoms. The lowest BCUT2D eigenvalue weighted by atomic mass is 9.80. The SMILES string of the molecule is CC(NCC1(CO)CCOCC1)C(C)c1ccccc1. The van der Waals surface area contributed by atoms with Crippen molar-refractivity contribution in [3.8, 4) is 0 Å². The summed E-state index contributed by atoms with van der Waals surface area (Å²) in [4.78, 5) is 0. The van der Waals surface area contributed by atoms with Crippen LogP contribution in [0.25, 0.3) is 0 Å². The third kappa shape index (κ3) is 3.81. The summed E-state index contributed by atoms with van der Waals surface area (Å²) in [6.07, 6.45) is 1.89. The van der Waals surface area contributed by atoms with Crippen molar-refractivity contribution in [2.75, 3.05) is 26.4 Å². The van der Waals surface area contributed by atoms with Gasteiger partial charge in [0.2, 0.25) is 0 Å². The second kappa shape index (κ2) is 7.21. The van der Waals surface area contributed by atoms with Gasteiger partial charge in [0.05, 0.1) is 6.61 Å². The van der Waals surface area contributed by atoms with Crippen molar-refractivity contribution in [1.29, 1.82) is 0 Å². The number of ether oxygens (including phenoxy) is 1. The monoisotopic (exact) mass is 277 g/mol. The highest BCUT2D eigenvalue weighted by molar-refractivity contribution is 5.20. The number of aliphatic hydroxyl groups is 1. The Morgan fingerprint density at radius 1 is 1.20 bits per heavy atom. The van der Waals surface area contributed by atoms with Gasteiger partial charge in [-0.05, 0) is 31.2 Å². The molecule has 1 aliphatic heterocycles. The van der Waals surface area contributed by atoms with Gasteiger partial charge < -0.3 is 15.2 Å². The minimum absolute atomic E-state index is 0.00289. The number of rotatable bonds is 6. The van der Waals surface area contributed by atoms with Crippen molar-refractivity contribution in [1.82, 2.24) is 5.32 Å². The molecule has 0 bridgehead atoms. The largest absolute Gasteiger partial charge is 0.396 e. The lowest BCUT2D eigenvalue weighted by Gasteiger charge is -2.37. The molecule has 0 aromatic heterocycles. The van der Waals surface area contributed by atoms with E-state index in [2.05, 4.69) is 49.5 Å². The Morgan fingerprint density at radius 3 is 2.45 bits per heavy atom. The quantitative estimate of drug-likeness (QED) is 0.839. The highest BCUT2D eigenvalue weighted by Gasteiger charge is 2.32. The van der Waals surface area contributed by atoms with Crippen LogP contribution in [0.4, 0.5) is 0 Å². The average Bonchev–Trinajstić information content (AvgIpc) is 2.53. The van der Waals surface area contributed by atoms with Crippen LogP contribution in [-0.4, -0.2) is 37.5 Å². The minimum Gasteiger partial charge on any atom is -0.396 e. The molecule has 2 atom stereocenters. The summed E-state index contributed by atoms with van der Waals surface area (Å²) in [6.45, 7) is 7.13. The third-order valence-corrected chi connectivity index (χ3v) is 4.76. The van der Waals surface area contributed by atoms with Crippen molar-refractivity contribution in [3.63, 3.8) is 0 Å². The van der Waals surface area contributed by atoms with Crippen LogP contribution in [-0.2, 0) is 4.74 Å². The van der Waals surface area contributed by atoms with Crippen LogP contribution in [0.5, 0.6) is 0 Å². The van der Waals surface area contributed by atoms with E-state index in [-0.39, 0.29) is 12.0 Å². The van der Waals surface area contributed by atoms with Gasteiger partial charge in [-0.25, -0.2) is 0 Å². The Morgan fingerprint density at radius 2 is 1.85 bits per heavy atom. The summed E-state index contributed by atoms with van der Waals surface area (Å²) in [6, 6.07) is 11.0. The summed E-state index contributed by atoms with van der Waals surface area (Å²) < 4.78 is 5.41. The maximum Gasteiger partial charge on any atom is 0.0501 e. The third-order valence-electron chi connectivity index (χ3n) is 4.76. The first-order chi connectivity index (χ1) is 9.67. The standard InChI is InChI=1S/C17H27NO2/c1-14(16-6-4-3-5-7-16)15(2)18-12-17(13-19)8-10-20-11-9-17/h3-7,14-15,18-19H,8-13H2,1-2H3. The first kappa shape index (κ1) is 15.5. The van der Waals surface area contributed by atoms with Crippen LogP contribution < -0.4 is 5.32 Å². The van der Waals surface area contributed by atoms with Gasteiger partial charge in [-0.1, -0.05) is 37.3 Å². The molecule has 20 heavy (non-hydrogen) atoms. The van der Waals surface area contributed by atoms with Gasteiger partial charge >= 0.3 is 0 Å². The van der Waals surface area contributed by atoms with Crippen LogP contribution in [0, 0.1) is 5.41 Å². The lowest BCUT2D eigenvalue weighted by molar-refractivity contribution is -0.0165. The molecule has 112 valence electrons. The van der Waals surface area contributed by atoms with Crippen LogP contribution in [0.15, 0.2) is 30.3 Å². The van der Waals surface area contributed by atoms with Gasteiger partial charge in [0.15, 0.2) is 0 Å². The zero-order valence-corrected chi connectivity index (χ0v) is 12.6. The summed E-state index contributed by atoms with van der Waals surface area (Å²) in [5, 5.41) is 13.3. The number of aliphatic hydroxyl groups excluding tert-OH is 1. The van der Waals surface area contributed by atoms with Gasteiger partial charge in [-0.2, -0.15) is 0 Å². The Bertz CT molecular complexity index is 387. The van der Waals surface area contributed by atoms with Crippen molar-refractivity contribution >= 4 is 0 Å². The van der Waals surface area contributed by atoms with Gasteiger partial charge in [-0.3, -0.25) is 0 Å². The molecule has 1 fully saturated rings. The van der Waals surface area contributed by atoms with Crippen LogP contribution >= 0.6 is 0 Å². The van der Waals surface area contributed by atoms with Crippen molar-refractivity contribution in [2.45, 2.75) is 38.6 Å². The number of hydrogen-bond donors (Lipinski definition) is 2. The smallest absolute Gasteiger partial charge is 0.0501 e. The van der Waals surface area contributed by atoms with E-state index in [9.17, 15) is 5.11 Å². The molecule has 3 heteroatoms. The molecule has 1 aromatic rings. The van der Waals surface area contributed by atoms with Crippen molar-refractivity contribution < 1.29 is 9.84 Å². The molecule has 1 aromatic carbocycles. The zero-order chi connectivity index (χ0) is 14.4. The normalized spacial score (nSPS) is 21.4. The molecule has 0 aliphatic carbocycles. The maximum absolute atomic E-state index is 9.71. The second-order valence-corrected chi connectivity index (χ2v) is 6.14. The van der Waals surface area contributed by atoms with E-state index in [1.54, 1.807) is 0 Å². The summed E-state index contributed by atoms with van der Waals surface area (Å²) >= 11 is 0. The molecule has 2 unspecified atom stereocenters. The Hall–Kier alpha value is -0.900. The number of benzene rings is 1. The Labute approximate surface area is 122 Å². The van der Waals surface area contributed by atoms with E-state index in [0.29, 0.717) is 12.0 Å². The van der Waals surface area contributed by atoms with E-state index < -0.39 is 0 Å². The molecule has 0 radical (unpaired) electrons. The molecule has 1 aliphatic rings. The van der Waals surface area contributed by atoms with E-state index in [1.807, 2.05) is 0 Å². The van der Waals surface area contributed by atoms with E-state index in [0.717, 1.165) is 32.6 Å². The fourth-order valence-electron chi connectivity index (χ4n) is 2.79. The highest BCUT2D eigenvalue weighted by atomic mass is 16.5. The first-order valence-corrected chi connectivity index (χ1v) is 7.64. The van der Waals surface area contributed by atoms with Gasteiger partial charge in [0.1, 0.15) is 0 Å². The van der Waals surface area contributed by atoms with Crippen LogP contribution in [0.3, 0.4) is 0 Å². The second-order valence-electron chi connectivity index (χ2n) is 6.14. The van der Waals surface area contributed by atoms with Crippen LogP contribution in [0.2, 0.25) is 0 Å². The average molecular weight is 277 g/mol. The summed E-state index contributed by atoms with van der Waals surface area (Å²) in [7, 11) is 0. The predicted octanol–water partition coefficient (Wildman–Crippen LogP) is 2.56. The molecule has 1 saturated heterocycles. The molecule has 1 heterocycles. The summed E-state index contributed by atoms with van der Waals surface area (Å²) in [5.74, 6) is 0.465. The van der Waals surface area contributed by atoms with Gasteiger partial charge in [0, 0.05) is 31.2 Å². The minimum atomic E-state index is 0.00289. The number of nitrogens with one attached hydrogen (secondary N) is 1. The number of hydrogen-bond acceptors (Lipinski definition) is 3. The van der Waals surface area contributed by atoms with E-state index in [4.69, 9.17) is 4.74 Å². The van der Waals surface area contributed by atoms with Gasteiger partial charge in [-0.15, -0.1) is 0 Å². The Kier molecular flexibility index (Phi) is 5.58. The lowest BCUT2D eigenvalue weighted by Crippen LogP contribution is -2.45. The van der Waals surface area contributed by atoms with Gasteiger partial charge in [0.25, 0.3) is 0 Å². The fraction of sp³-hybridized carbons (Fsp3) is 0.647. The highest BCUT2D eigenvalue weighted by Crippen LogP contribution is 2.30. The maximum atomic E-state index is 9.71. The summed E-state index contributed by atoms with van der Waals surface area (Å²) in [5.41, 5.74) is 1.36. The zero-order valence-electron chi connectivity index (χ0n) is 12.6. The van der Waals surface area contributed by atoms with Crippen LogP contribution in [0.1, 0.15) is 38.2 Å². The van der Waals surface area contributed by atoms with E-state index in [1.165, 1.54) is 5.56 Å². The fourth-order valence-corrected chi connectivity index (χ4v) is 2.79. The molecule has 3 nitrogen and oxygen atoms in total. The molecule has 2 rings (SSSR count). The molecular formula is C17H27NO2. The Balaban J connectivity index is 1.89. The molecule has 2 N–H and O–H groups in total. The van der Waals surface area contributed by atoms with Crippen molar-refractivity contribution in [3.05, 3.63) is 35.9 Å². The first-order valence-electron chi connectivity index (χ1n) is 7.64. The predicted molar refractivity (Wildman–Crippen MR) is 81.9 cm³/mol.